The van der Waals surface area contributed by atoms with Crippen LogP contribution in [0.1, 0.15) is 53.2 Å². The van der Waals surface area contributed by atoms with Gasteiger partial charge in [-0.25, -0.2) is 0 Å². The smallest absolute Gasteiger partial charge is 0.399 e. The van der Waals surface area contributed by atoms with Gasteiger partial charge in [0.2, 0.25) is 0 Å². The van der Waals surface area contributed by atoms with E-state index >= 15 is 0 Å². The molecule has 2 aromatic carbocycles. The molecule has 3 rings (SSSR count). The number of halogens is 3. The molecule has 10 heteroatoms. The minimum absolute atomic E-state index is 0.0828. The van der Waals surface area contributed by atoms with E-state index in [1.807, 2.05) is 0 Å². The number of aromatic nitrogens is 2. The van der Waals surface area contributed by atoms with Crippen molar-refractivity contribution in [2.24, 2.45) is 0 Å². The lowest BCUT2D eigenvalue weighted by Gasteiger charge is -2.17. The largest absolute Gasteiger partial charge is 0.416 e. The Morgan fingerprint density at radius 2 is 1.81 bits per heavy atom. The van der Waals surface area contributed by atoms with Gasteiger partial charge in [0, 0.05) is 11.8 Å². The van der Waals surface area contributed by atoms with Crippen molar-refractivity contribution in [1.29, 1.82) is 0 Å². The van der Waals surface area contributed by atoms with Crippen molar-refractivity contribution >= 4 is 11.6 Å². The van der Waals surface area contributed by atoms with Crippen LogP contribution in [0.25, 0.3) is 5.69 Å². The van der Waals surface area contributed by atoms with Crippen molar-refractivity contribution in [3.05, 3.63) is 87.3 Å². The molecule has 32 heavy (non-hydrogen) atoms. The van der Waals surface area contributed by atoms with Crippen LogP contribution in [-0.4, -0.2) is 20.8 Å². The molecule has 0 radical (unpaired) electrons. The van der Waals surface area contributed by atoms with Crippen LogP contribution in [-0.2, 0) is 6.18 Å². The maximum atomic E-state index is 13.1. The van der Waals surface area contributed by atoms with Gasteiger partial charge in [-0.15, -0.1) is 0 Å². The van der Waals surface area contributed by atoms with Gasteiger partial charge in [-0.2, -0.15) is 23.0 Å². The van der Waals surface area contributed by atoms with Crippen molar-refractivity contribution in [3.63, 3.8) is 0 Å². The number of alkyl halides is 3. The molecule has 4 N–H and O–H groups in total. The highest BCUT2D eigenvalue weighted by Crippen LogP contribution is 2.32. The number of nitrogens with two attached hydrogens (primary N) is 1. The summed E-state index contributed by atoms with van der Waals surface area (Å²) in [4.78, 5) is 25.0. The number of carbonyl (C=O) groups is 1. The minimum Gasteiger partial charge on any atom is -0.399 e. The Kier molecular flexibility index (Phi) is 6.35. The summed E-state index contributed by atoms with van der Waals surface area (Å²) in [7, 11) is 0. The first kappa shape index (κ1) is 23.0. The Bertz CT molecular complexity index is 1210. The summed E-state index contributed by atoms with van der Waals surface area (Å²) in [5.41, 5.74) is 5.05. The summed E-state index contributed by atoms with van der Waals surface area (Å²) >= 11 is 0. The molecule has 1 heterocycles. The number of rotatable bonds is 5. The number of aliphatic hydroxyl groups is 1. The molecule has 1 amide bonds. The molecule has 7 nitrogen and oxygen atoms in total. The van der Waals surface area contributed by atoms with E-state index < -0.39 is 35.4 Å². The van der Waals surface area contributed by atoms with Gasteiger partial charge in [0.05, 0.1) is 23.4 Å². The van der Waals surface area contributed by atoms with Crippen molar-refractivity contribution in [3.8, 4) is 5.69 Å². The predicted octanol–water partition coefficient (Wildman–Crippen LogP) is 3.38. The van der Waals surface area contributed by atoms with Gasteiger partial charge in [0.15, 0.2) is 0 Å². The zero-order valence-electron chi connectivity index (χ0n) is 17.2. The number of hydrogen-bond donors (Lipinski definition) is 3. The second-order valence-corrected chi connectivity index (χ2v) is 7.32. The first-order valence-corrected chi connectivity index (χ1v) is 9.63. The SMILES string of the molecule is C[C@@H](O)c1cccc(-n2nc(C(=O)N[C@H](C)c3cc(N)cc(C(F)(F)F)c3)ccc2=O)c1. The third-order valence-corrected chi connectivity index (χ3v) is 4.78. The number of nitrogens with zero attached hydrogens (tertiary/aromatic N) is 2. The van der Waals surface area contributed by atoms with Gasteiger partial charge in [0.1, 0.15) is 5.69 Å². The fourth-order valence-corrected chi connectivity index (χ4v) is 3.08. The van der Waals surface area contributed by atoms with Crippen molar-refractivity contribution < 1.29 is 23.1 Å². The average Bonchev–Trinajstić information content (AvgIpc) is 2.73. The molecule has 3 aromatic rings. The maximum absolute atomic E-state index is 13.1. The Morgan fingerprint density at radius 1 is 1.09 bits per heavy atom. The lowest BCUT2D eigenvalue weighted by atomic mass is 10.0. The van der Waals surface area contributed by atoms with E-state index in [9.17, 15) is 27.9 Å². The molecular formula is C22H21F3N4O3. The molecule has 168 valence electrons. The number of hydrogen-bond acceptors (Lipinski definition) is 5. The molecule has 0 aliphatic heterocycles. The van der Waals surface area contributed by atoms with Crippen LogP contribution in [0.5, 0.6) is 0 Å². The number of benzene rings is 2. The lowest BCUT2D eigenvalue weighted by molar-refractivity contribution is -0.137. The topological polar surface area (TPSA) is 110 Å². The fourth-order valence-electron chi connectivity index (χ4n) is 3.08. The normalized spacial score (nSPS) is 13.4. The van der Waals surface area contributed by atoms with Crippen molar-refractivity contribution in [1.82, 2.24) is 15.1 Å². The zero-order chi connectivity index (χ0) is 23.6. The van der Waals surface area contributed by atoms with Crippen LogP contribution >= 0.6 is 0 Å². The number of nitrogens with one attached hydrogen (secondary N) is 1. The Morgan fingerprint density at radius 3 is 2.47 bits per heavy atom. The standard InChI is InChI=1S/C22H21F3N4O3/c1-12(15-8-16(22(23,24)25)11-17(26)9-15)27-21(32)19-6-7-20(31)29(28-19)18-5-3-4-14(10-18)13(2)30/h3-13,30H,26H2,1-2H3,(H,27,32)/t12-,13-/m1/s1. The molecule has 0 fully saturated rings. The molecule has 0 saturated heterocycles. The second-order valence-electron chi connectivity index (χ2n) is 7.32. The van der Waals surface area contributed by atoms with E-state index in [2.05, 4.69) is 10.4 Å². The highest BCUT2D eigenvalue weighted by molar-refractivity contribution is 5.92. The summed E-state index contributed by atoms with van der Waals surface area (Å²) in [6, 6.07) is 11.1. The summed E-state index contributed by atoms with van der Waals surface area (Å²) in [5.74, 6) is -0.686. The Hall–Kier alpha value is -3.66. The predicted molar refractivity (Wildman–Crippen MR) is 112 cm³/mol. The number of anilines is 1. The molecule has 0 aliphatic rings. The van der Waals surface area contributed by atoms with E-state index in [0.29, 0.717) is 11.3 Å². The van der Waals surface area contributed by atoms with Gasteiger partial charge >= 0.3 is 6.18 Å². The number of aliphatic hydroxyl groups excluding tert-OH is 1. The van der Waals surface area contributed by atoms with Gasteiger partial charge in [-0.1, -0.05) is 12.1 Å². The van der Waals surface area contributed by atoms with Gasteiger partial charge in [0.25, 0.3) is 11.5 Å². The fraction of sp³-hybridized carbons (Fsp3) is 0.227. The van der Waals surface area contributed by atoms with E-state index in [-0.39, 0.29) is 16.9 Å². The second kappa shape index (κ2) is 8.83. The lowest BCUT2D eigenvalue weighted by Crippen LogP contribution is -2.31. The highest BCUT2D eigenvalue weighted by atomic mass is 19.4. The number of carbonyl (C=O) groups excluding carboxylic acids is 1. The highest BCUT2D eigenvalue weighted by Gasteiger charge is 2.31. The Balaban J connectivity index is 1.88. The van der Waals surface area contributed by atoms with Crippen LogP contribution in [0, 0.1) is 0 Å². The van der Waals surface area contributed by atoms with Crippen LogP contribution < -0.4 is 16.6 Å². The molecule has 0 bridgehead atoms. The molecule has 0 saturated carbocycles. The van der Waals surface area contributed by atoms with E-state index in [0.717, 1.165) is 22.9 Å². The van der Waals surface area contributed by atoms with E-state index in [4.69, 9.17) is 5.73 Å². The zero-order valence-corrected chi connectivity index (χ0v) is 17.2. The van der Waals surface area contributed by atoms with Gasteiger partial charge in [-0.05, 0) is 61.4 Å². The molecule has 0 aliphatic carbocycles. The van der Waals surface area contributed by atoms with Crippen LogP contribution in [0.3, 0.4) is 0 Å². The summed E-state index contributed by atoms with van der Waals surface area (Å²) in [5, 5.41) is 16.4. The minimum atomic E-state index is -4.58. The summed E-state index contributed by atoms with van der Waals surface area (Å²) in [6.07, 6.45) is -5.34. The molecule has 0 spiro atoms. The molecule has 0 unspecified atom stereocenters. The van der Waals surface area contributed by atoms with Crippen LogP contribution in [0.4, 0.5) is 18.9 Å². The van der Waals surface area contributed by atoms with Crippen LogP contribution in [0.2, 0.25) is 0 Å². The first-order chi connectivity index (χ1) is 15.0. The van der Waals surface area contributed by atoms with Gasteiger partial charge in [-0.3, -0.25) is 9.59 Å². The van der Waals surface area contributed by atoms with Gasteiger partial charge < -0.3 is 16.2 Å². The quantitative estimate of drug-likeness (QED) is 0.521. The first-order valence-electron chi connectivity index (χ1n) is 9.63. The summed E-state index contributed by atoms with van der Waals surface area (Å²) < 4.78 is 40.2. The average molecular weight is 446 g/mol. The van der Waals surface area contributed by atoms with Crippen LogP contribution in [0.15, 0.2) is 59.4 Å². The van der Waals surface area contributed by atoms with Crippen molar-refractivity contribution in [2.45, 2.75) is 32.2 Å². The molecular weight excluding hydrogens is 425 g/mol. The number of nitrogen functional groups attached to an aromatic ring is 1. The maximum Gasteiger partial charge on any atom is 0.416 e. The monoisotopic (exact) mass is 446 g/mol. The summed E-state index contributed by atoms with van der Waals surface area (Å²) in [6.45, 7) is 3.08. The third kappa shape index (κ3) is 5.14. The van der Waals surface area contributed by atoms with E-state index in [1.165, 1.54) is 19.1 Å². The van der Waals surface area contributed by atoms with E-state index in [1.54, 1.807) is 31.2 Å². The van der Waals surface area contributed by atoms with Crippen molar-refractivity contribution in [2.75, 3.05) is 5.73 Å². The Labute approximate surface area is 181 Å². The third-order valence-electron chi connectivity index (χ3n) is 4.78. The number of amides is 1. The molecule has 2 atom stereocenters. The molecule has 1 aromatic heterocycles.